The Morgan fingerprint density at radius 3 is 2.77 bits per heavy atom. The van der Waals surface area contributed by atoms with Crippen LogP contribution in [-0.4, -0.2) is 74.7 Å². The summed E-state index contributed by atoms with van der Waals surface area (Å²) in [5.74, 6) is 0.732. The maximum absolute atomic E-state index is 12.8. The van der Waals surface area contributed by atoms with Crippen molar-refractivity contribution in [3.05, 3.63) is 42.1 Å². The number of hydrogen-bond donors (Lipinski definition) is 0. The number of hydrogen-bond acceptors (Lipinski definition) is 6. The molecule has 0 bridgehead atoms. The lowest BCUT2D eigenvalue weighted by molar-refractivity contribution is -0.119. The normalized spacial score (nSPS) is 17.3. The molecule has 1 aromatic carbocycles. The number of benzene rings is 1. The lowest BCUT2D eigenvalue weighted by atomic mass is 10.0. The zero-order chi connectivity index (χ0) is 21.2. The molecule has 0 radical (unpaired) electrons. The van der Waals surface area contributed by atoms with Crippen molar-refractivity contribution < 1.29 is 9.18 Å². The summed E-state index contributed by atoms with van der Waals surface area (Å²) in [4.78, 5) is 25.8. The molecule has 0 amide bonds. The highest BCUT2D eigenvalue weighted by Crippen LogP contribution is 2.29. The highest BCUT2D eigenvalue weighted by molar-refractivity contribution is 5.85. The SMILES string of the molecule is O=C(Cc1ncc2ccc(-c3cnn4c3CN(CCF)CC4)cc2n1)CN1CCCC1. The van der Waals surface area contributed by atoms with E-state index in [1.807, 2.05) is 23.0 Å². The van der Waals surface area contributed by atoms with Crippen LogP contribution in [0.3, 0.4) is 0 Å². The molecule has 0 N–H and O–H groups in total. The van der Waals surface area contributed by atoms with Gasteiger partial charge in [0.2, 0.25) is 0 Å². The van der Waals surface area contributed by atoms with Crippen LogP contribution in [0.5, 0.6) is 0 Å². The van der Waals surface area contributed by atoms with Gasteiger partial charge in [-0.25, -0.2) is 14.4 Å². The third-order valence-corrected chi connectivity index (χ3v) is 6.25. The fourth-order valence-corrected chi connectivity index (χ4v) is 4.59. The molecule has 0 unspecified atom stereocenters. The van der Waals surface area contributed by atoms with Crippen molar-refractivity contribution in [1.29, 1.82) is 0 Å². The summed E-state index contributed by atoms with van der Waals surface area (Å²) in [6, 6.07) is 6.10. The van der Waals surface area contributed by atoms with Crippen LogP contribution < -0.4 is 0 Å². The average Bonchev–Trinajstić information content (AvgIpc) is 3.43. The molecule has 2 aromatic heterocycles. The quantitative estimate of drug-likeness (QED) is 0.583. The molecule has 0 saturated carbocycles. The van der Waals surface area contributed by atoms with Crippen LogP contribution in [0.1, 0.15) is 24.4 Å². The molecular formula is C23H27FN6O. The number of halogens is 1. The van der Waals surface area contributed by atoms with E-state index in [0.29, 0.717) is 25.5 Å². The number of alkyl halides is 1. The number of rotatable bonds is 7. The number of carbonyl (C=O) groups excluding carboxylic acids is 1. The summed E-state index contributed by atoms with van der Waals surface area (Å²) in [5.41, 5.74) is 4.02. The molecule has 3 aromatic rings. The molecule has 1 fully saturated rings. The van der Waals surface area contributed by atoms with E-state index in [1.165, 1.54) is 12.8 Å². The Morgan fingerprint density at radius 2 is 1.94 bits per heavy atom. The molecule has 0 aliphatic carbocycles. The maximum Gasteiger partial charge on any atom is 0.154 e. The highest BCUT2D eigenvalue weighted by Gasteiger charge is 2.21. The molecule has 1 saturated heterocycles. The summed E-state index contributed by atoms with van der Waals surface area (Å²) in [6.45, 7) is 4.89. The molecule has 5 rings (SSSR count). The Morgan fingerprint density at radius 1 is 1.06 bits per heavy atom. The molecule has 2 aliphatic heterocycles. The summed E-state index contributed by atoms with van der Waals surface area (Å²) in [7, 11) is 0. The fraction of sp³-hybridized carbons (Fsp3) is 0.478. The predicted octanol–water partition coefficient (Wildman–Crippen LogP) is 2.49. The Bertz CT molecular complexity index is 1090. The zero-order valence-corrected chi connectivity index (χ0v) is 17.6. The first-order valence-corrected chi connectivity index (χ1v) is 11.0. The van der Waals surface area contributed by atoms with Gasteiger partial charge in [0.25, 0.3) is 0 Å². The highest BCUT2D eigenvalue weighted by atomic mass is 19.1. The number of nitrogens with zero attached hydrogens (tertiary/aromatic N) is 6. The van der Waals surface area contributed by atoms with Crippen LogP contribution in [0.25, 0.3) is 22.0 Å². The summed E-state index contributed by atoms with van der Waals surface area (Å²) in [6.07, 6.45) is 6.29. The number of fused-ring (bicyclic) bond motifs is 2. The van der Waals surface area contributed by atoms with E-state index in [0.717, 1.165) is 53.9 Å². The summed E-state index contributed by atoms with van der Waals surface area (Å²) >= 11 is 0. The van der Waals surface area contributed by atoms with Crippen molar-refractivity contribution in [2.24, 2.45) is 0 Å². The van der Waals surface area contributed by atoms with Crippen LogP contribution >= 0.6 is 0 Å². The Balaban J connectivity index is 1.37. The minimum atomic E-state index is -0.338. The lowest BCUT2D eigenvalue weighted by Gasteiger charge is -2.27. The van der Waals surface area contributed by atoms with Crippen molar-refractivity contribution in [2.45, 2.75) is 32.4 Å². The molecule has 8 heteroatoms. The van der Waals surface area contributed by atoms with Gasteiger partial charge in [-0.05, 0) is 37.6 Å². The molecular weight excluding hydrogens is 395 g/mol. The Hall–Kier alpha value is -2.71. The van der Waals surface area contributed by atoms with Gasteiger partial charge in [-0.2, -0.15) is 5.10 Å². The molecule has 0 atom stereocenters. The monoisotopic (exact) mass is 422 g/mol. The van der Waals surface area contributed by atoms with E-state index in [-0.39, 0.29) is 18.9 Å². The van der Waals surface area contributed by atoms with Gasteiger partial charge < -0.3 is 0 Å². The molecule has 2 aliphatic rings. The second kappa shape index (κ2) is 8.80. The van der Waals surface area contributed by atoms with Gasteiger partial charge in [0.05, 0.1) is 36.9 Å². The molecule has 0 spiro atoms. The lowest BCUT2D eigenvalue weighted by Crippen LogP contribution is -2.35. The molecule has 7 nitrogen and oxygen atoms in total. The van der Waals surface area contributed by atoms with Gasteiger partial charge in [-0.1, -0.05) is 12.1 Å². The van der Waals surface area contributed by atoms with Crippen LogP contribution in [0.4, 0.5) is 4.39 Å². The number of carbonyl (C=O) groups is 1. The second-order valence-electron chi connectivity index (χ2n) is 8.45. The Labute approximate surface area is 180 Å². The van der Waals surface area contributed by atoms with Gasteiger partial charge in [0.1, 0.15) is 12.5 Å². The van der Waals surface area contributed by atoms with Crippen molar-refractivity contribution in [3.63, 3.8) is 0 Å². The minimum Gasteiger partial charge on any atom is -0.298 e. The maximum atomic E-state index is 12.8. The average molecular weight is 423 g/mol. The van der Waals surface area contributed by atoms with Crippen molar-refractivity contribution in [1.82, 2.24) is 29.5 Å². The van der Waals surface area contributed by atoms with E-state index < -0.39 is 0 Å². The molecule has 4 heterocycles. The smallest absolute Gasteiger partial charge is 0.154 e. The van der Waals surface area contributed by atoms with E-state index >= 15 is 0 Å². The van der Waals surface area contributed by atoms with E-state index in [9.17, 15) is 9.18 Å². The second-order valence-corrected chi connectivity index (χ2v) is 8.45. The molecule has 162 valence electrons. The third kappa shape index (κ3) is 4.36. The first-order valence-electron chi connectivity index (χ1n) is 11.0. The predicted molar refractivity (Wildman–Crippen MR) is 116 cm³/mol. The van der Waals surface area contributed by atoms with Crippen molar-refractivity contribution >= 4 is 16.7 Å². The van der Waals surface area contributed by atoms with Crippen LogP contribution in [-0.2, 0) is 24.3 Å². The van der Waals surface area contributed by atoms with Crippen molar-refractivity contribution in [2.75, 3.05) is 39.4 Å². The van der Waals surface area contributed by atoms with Gasteiger partial charge in [-0.3, -0.25) is 19.3 Å². The number of likely N-dealkylation sites (tertiary alicyclic amines) is 1. The molecule has 31 heavy (non-hydrogen) atoms. The first-order chi connectivity index (χ1) is 15.2. The Kier molecular flexibility index (Phi) is 5.74. The first kappa shape index (κ1) is 20.2. The van der Waals surface area contributed by atoms with Crippen LogP contribution in [0, 0.1) is 0 Å². The van der Waals surface area contributed by atoms with E-state index in [1.54, 1.807) is 6.20 Å². The van der Waals surface area contributed by atoms with Gasteiger partial charge in [0.15, 0.2) is 5.78 Å². The van der Waals surface area contributed by atoms with Gasteiger partial charge in [0, 0.05) is 36.8 Å². The van der Waals surface area contributed by atoms with Gasteiger partial charge >= 0.3 is 0 Å². The summed E-state index contributed by atoms with van der Waals surface area (Å²) in [5, 5.41) is 5.47. The standard InChI is InChI=1S/C23H27FN6O/c24-5-8-29-9-10-30-22(16-29)20(14-26-30)17-3-4-18-13-25-23(27-21(18)11-17)12-19(31)15-28-6-1-2-7-28/h3-4,11,13-14H,1-2,5-10,12,15-16H2. The van der Waals surface area contributed by atoms with Crippen LogP contribution in [0.15, 0.2) is 30.6 Å². The third-order valence-electron chi connectivity index (χ3n) is 6.25. The van der Waals surface area contributed by atoms with E-state index in [4.69, 9.17) is 0 Å². The fourth-order valence-electron chi connectivity index (χ4n) is 4.59. The largest absolute Gasteiger partial charge is 0.298 e. The van der Waals surface area contributed by atoms with E-state index in [2.05, 4.69) is 30.9 Å². The minimum absolute atomic E-state index is 0.163. The number of Topliss-reactive ketones (excluding diaryl/α,β-unsaturated/α-hetero) is 1. The summed E-state index contributed by atoms with van der Waals surface area (Å²) < 4.78 is 14.8. The van der Waals surface area contributed by atoms with Gasteiger partial charge in [-0.15, -0.1) is 0 Å². The zero-order valence-electron chi connectivity index (χ0n) is 17.6. The number of aromatic nitrogens is 4. The van der Waals surface area contributed by atoms with Crippen LogP contribution in [0.2, 0.25) is 0 Å². The number of ketones is 1. The topological polar surface area (TPSA) is 67.2 Å². The van der Waals surface area contributed by atoms with Crippen molar-refractivity contribution in [3.8, 4) is 11.1 Å².